The lowest BCUT2D eigenvalue weighted by Gasteiger charge is -2.34. The summed E-state index contributed by atoms with van der Waals surface area (Å²) in [5.74, 6) is 0.258. The highest BCUT2D eigenvalue weighted by molar-refractivity contribution is 5.54. The molecule has 1 aromatic carbocycles. The van der Waals surface area contributed by atoms with E-state index >= 15 is 0 Å². The zero-order valence-electron chi connectivity index (χ0n) is 10.8. The van der Waals surface area contributed by atoms with Crippen molar-refractivity contribution in [1.82, 2.24) is 5.32 Å². The van der Waals surface area contributed by atoms with Crippen LogP contribution in [0, 0.1) is 11.7 Å². The first-order valence-corrected chi connectivity index (χ1v) is 6.54. The van der Waals surface area contributed by atoms with E-state index in [0.29, 0.717) is 12.5 Å². The van der Waals surface area contributed by atoms with Crippen LogP contribution in [0.4, 0.5) is 10.1 Å². The minimum absolute atomic E-state index is 0.147. The Balaban J connectivity index is 2.15. The standard InChI is InChI=1S/C14H21FN2O/c1-16-9-12-13(15)3-2-4-14(12)17-7-5-11(10-18)6-8-17/h2-4,11,16,18H,5-10H2,1H3. The third kappa shape index (κ3) is 2.82. The van der Waals surface area contributed by atoms with Crippen molar-refractivity contribution in [2.75, 3.05) is 31.6 Å². The first kappa shape index (κ1) is 13.3. The number of aliphatic hydroxyl groups excluding tert-OH is 1. The molecule has 1 aromatic rings. The van der Waals surface area contributed by atoms with Crippen molar-refractivity contribution >= 4 is 5.69 Å². The SMILES string of the molecule is CNCc1c(F)cccc1N1CCC(CO)CC1. The fraction of sp³-hybridized carbons (Fsp3) is 0.571. The van der Waals surface area contributed by atoms with Crippen molar-refractivity contribution in [2.24, 2.45) is 5.92 Å². The van der Waals surface area contributed by atoms with Gasteiger partial charge >= 0.3 is 0 Å². The summed E-state index contributed by atoms with van der Waals surface area (Å²) in [7, 11) is 1.83. The van der Waals surface area contributed by atoms with E-state index in [-0.39, 0.29) is 12.4 Å². The van der Waals surface area contributed by atoms with Gasteiger partial charge in [0.15, 0.2) is 0 Å². The molecule has 100 valence electrons. The molecule has 4 heteroatoms. The van der Waals surface area contributed by atoms with Gasteiger partial charge in [0, 0.05) is 37.5 Å². The Morgan fingerprint density at radius 3 is 2.72 bits per heavy atom. The van der Waals surface area contributed by atoms with E-state index < -0.39 is 0 Å². The minimum atomic E-state index is -0.147. The molecule has 0 aliphatic carbocycles. The number of anilines is 1. The number of benzene rings is 1. The average molecular weight is 252 g/mol. The molecule has 18 heavy (non-hydrogen) atoms. The molecule has 1 aliphatic heterocycles. The predicted octanol–water partition coefficient (Wildman–Crippen LogP) is 1.75. The van der Waals surface area contributed by atoms with Crippen LogP contribution >= 0.6 is 0 Å². The summed E-state index contributed by atoms with van der Waals surface area (Å²) in [6, 6.07) is 5.26. The van der Waals surface area contributed by atoms with Gasteiger partial charge in [-0.15, -0.1) is 0 Å². The van der Waals surface area contributed by atoms with Crippen molar-refractivity contribution in [3.05, 3.63) is 29.6 Å². The number of hydrogen-bond donors (Lipinski definition) is 2. The van der Waals surface area contributed by atoms with Crippen LogP contribution in [0.1, 0.15) is 18.4 Å². The Morgan fingerprint density at radius 2 is 2.11 bits per heavy atom. The average Bonchev–Trinajstić information content (AvgIpc) is 2.41. The number of halogens is 1. The fourth-order valence-corrected chi connectivity index (χ4v) is 2.55. The van der Waals surface area contributed by atoms with Crippen molar-refractivity contribution in [1.29, 1.82) is 0 Å². The van der Waals surface area contributed by atoms with Gasteiger partial charge in [-0.25, -0.2) is 4.39 Å². The highest BCUT2D eigenvalue weighted by Gasteiger charge is 2.21. The van der Waals surface area contributed by atoms with Crippen molar-refractivity contribution in [3.63, 3.8) is 0 Å². The van der Waals surface area contributed by atoms with E-state index in [1.807, 2.05) is 13.1 Å². The molecule has 0 bridgehead atoms. The van der Waals surface area contributed by atoms with Crippen LogP contribution in [0.3, 0.4) is 0 Å². The van der Waals surface area contributed by atoms with E-state index in [2.05, 4.69) is 10.2 Å². The monoisotopic (exact) mass is 252 g/mol. The largest absolute Gasteiger partial charge is 0.396 e. The molecule has 1 saturated heterocycles. The molecule has 0 amide bonds. The van der Waals surface area contributed by atoms with Crippen molar-refractivity contribution in [2.45, 2.75) is 19.4 Å². The number of rotatable bonds is 4. The summed E-state index contributed by atoms with van der Waals surface area (Å²) in [4.78, 5) is 2.22. The second kappa shape index (κ2) is 6.16. The van der Waals surface area contributed by atoms with Crippen LogP contribution in [0.2, 0.25) is 0 Å². The lowest BCUT2D eigenvalue weighted by atomic mass is 9.97. The number of hydrogen-bond acceptors (Lipinski definition) is 3. The van der Waals surface area contributed by atoms with Crippen LogP contribution in [0.15, 0.2) is 18.2 Å². The van der Waals surface area contributed by atoms with Gasteiger partial charge < -0.3 is 15.3 Å². The highest BCUT2D eigenvalue weighted by atomic mass is 19.1. The maximum absolute atomic E-state index is 13.8. The summed E-state index contributed by atoms with van der Waals surface area (Å²) in [6.07, 6.45) is 1.96. The van der Waals surface area contributed by atoms with Gasteiger partial charge in [0.2, 0.25) is 0 Å². The Labute approximate surface area is 108 Å². The number of aliphatic hydroxyl groups is 1. The van der Waals surface area contributed by atoms with Crippen LogP contribution in [-0.4, -0.2) is 31.9 Å². The fourth-order valence-electron chi connectivity index (χ4n) is 2.55. The molecule has 0 atom stereocenters. The number of piperidine rings is 1. The molecule has 1 fully saturated rings. The van der Waals surface area contributed by atoms with Crippen LogP contribution < -0.4 is 10.2 Å². The normalized spacial score (nSPS) is 17.2. The number of nitrogens with one attached hydrogen (secondary N) is 1. The first-order chi connectivity index (χ1) is 8.76. The van der Waals surface area contributed by atoms with Gasteiger partial charge in [0.05, 0.1) is 0 Å². The molecule has 2 N–H and O–H groups in total. The Morgan fingerprint density at radius 1 is 1.39 bits per heavy atom. The highest BCUT2D eigenvalue weighted by Crippen LogP contribution is 2.27. The molecule has 2 rings (SSSR count). The van der Waals surface area contributed by atoms with E-state index in [1.165, 1.54) is 6.07 Å². The minimum Gasteiger partial charge on any atom is -0.396 e. The molecule has 0 aromatic heterocycles. The third-order valence-electron chi connectivity index (χ3n) is 3.66. The summed E-state index contributed by atoms with van der Waals surface area (Å²) < 4.78 is 13.8. The molecule has 1 aliphatic rings. The maximum Gasteiger partial charge on any atom is 0.129 e. The van der Waals surface area contributed by atoms with Gasteiger partial charge in [0.25, 0.3) is 0 Å². The van der Waals surface area contributed by atoms with Crippen LogP contribution in [0.25, 0.3) is 0 Å². The lowest BCUT2D eigenvalue weighted by molar-refractivity contribution is 0.203. The maximum atomic E-state index is 13.8. The Bertz CT molecular complexity index is 389. The van der Waals surface area contributed by atoms with E-state index in [4.69, 9.17) is 5.11 Å². The summed E-state index contributed by atoms with van der Waals surface area (Å²) >= 11 is 0. The van der Waals surface area contributed by atoms with Crippen molar-refractivity contribution in [3.8, 4) is 0 Å². The van der Waals surface area contributed by atoms with Crippen LogP contribution in [-0.2, 0) is 6.54 Å². The van der Waals surface area contributed by atoms with E-state index in [0.717, 1.165) is 37.2 Å². The molecule has 0 spiro atoms. The lowest BCUT2D eigenvalue weighted by Crippen LogP contribution is -2.35. The quantitative estimate of drug-likeness (QED) is 0.857. The summed E-state index contributed by atoms with van der Waals surface area (Å²) in [5, 5.41) is 12.2. The smallest absolute Gasteiger partial charge is 0.129 e. The second-order valence-electron chi connectivity index (χ2n) is 4.88. The van der Waals surface area contributed by atoms with E-state index in [1.54, 1.807) is 6.07 Å². The predicted molar refractivity (Wildman–Crippen MR) is 71.2 cm³/mol. The third-order valence-corrected chi connectivity index (χ3v) is 3.66. The molecular weight excluding hydrogens is 231 g/mol. The van der Waals surface area contributed by atoms with E-state index in [9.17, 15) is 4.39 Å². The Hall–Kier alpha value is -1.13. The van der Waals surface area contributed by atoms with Gasteiger partial charge in [-0.3, -0.25) is 0 Å². The van der Waals surface area contributed by atoms with Gasteiger partial charge in [0.1, 0.15) is 5.82 Å². The second-order valence-corrected chi connectivity index (χ2v) is 4.88. The summed E-state index contributed by atoms with van der Waals surface area (Å²) in [6.45, 7) is 2.60. The van der Waals surface area contributed by atoms with Crippen molar-refractivity contribution < 1.29 is 9.50 Å². The molecule has 0 radical (unpaired) electrons. The van der Waals surface area contributed by atoms with Gasteiger partial charge in [-0.1, -0.05) is 6.07 Å². The van der Waals surface area contributed by atoms with Crippen LogP contribution in [0.5, 0.6) is 0 Å². The molecule has 0 saturated carbocycles. The number of nitrogens with zero attached hydrogens (tertiary/aromatic N) is 1. The molecule has 3 nitrogen and oxygen atoms in total. The van der Waals surface area contributed by atoms with Gasteiger partial charge in [-0.05, 0) is 37.9 Å². The van der Waals surface area contributed by atoms with Gasteiger partial charge in [-0.2, -0.15) is 0 Å². The molecular formula is C14H21FN2O. The Kier molecular flexibility index (Phi) is 4.55. The molecule has 0 unspecified atom stereocenters. The molecule has 1 heterocycles. The zero-order valence-corrected chi connectivity index (χ0v) is 10.8. The summed E-state index contributed by atoms with van der Waals surface area (Å²) in [5.41, 5.74) is 1.73. The zero-order chi connectivity index (χ0) is 13.0. The topological polar surface area (TPSA) is 35.5 Å². The first-order valence-electron chi connectivity index (χ1n) is 6.54.